The maximum absolute atomic E-state index is 13.5. The first-order chi connectivity index (χ1) is 13.9. The van der Waals surface area contributed by atoms with Crippen LogP contribution in [0.1, 0.15) is 32.6 Å². The van der Waals surface area contributed by atoms with Crippen LogP contribution in [0.25, 0.3) is 0 Å². The monoisotopic (exact) mass is 490 g/mol. The van der Waals surface area contributed by atoms with Crippen LogP contribution in [0, 0.1) is 0 Å². The first-order valence-electron chi connectivity index (χ1n) is 8.90. The normalized spacial score (nSPS) is 15.6. The molecular weight excluding hydrogens is 468 g/mol. The molecule has 0 aromatic heterocycles. The fourth-order valence-corrected chi connectivity index (χ4v) is 2.09. The van der Waals surface area contributed by atoms with Crippen molar-refractivity contribution in [1.29, 1.82) is 0 Å². The molecule has 0 saturated heterocycles. The van der Waals surface area contributed by atoms with Gasteiger partial charge in [-0.25, -0.2) is 8.78 Å². The molecule has 0 radical (unpaired) electrons. The number of unbranched alkanes of at least 4 members (excludes halogenated alkanes) is 3. The smallest absolute Gasteiger partial charge is 0.384 e. The molecule has 3 nitrogen and oxygen atoms in total. The summed E-state index contributed by atoms with van der Waals surface area (Å²) in [6, 6.07) is 0. The third-order valence-electron chi connectivity index (χ3n) is 3.99. The van der Waals surface area contributed by atoms with E-state index < -0.39 is 62.0 Å². The molecule has 0 fully saturated rings. The van der Waals surface area contributed by atoms with Gasteiger partial charge in [-0.3, -0.25) is 0 Å². The van der Waals surface area contributed by atoms with Crippen molar-refractivity contribution in [2.24, 2.45) is 0 Å². The minimum atomic E-state index is -7.59. The average Bonchev–Trinajstić information content (AvgIpc) is 2.63. The van der Waals surface area contributed by atoms with Crippen LogP contribution in [0.5, 0.6) is 0 Å². The Kier molecular flexibility index (Phi) is 10.9. The lowest BCUT2D eigenvalue weighted by Crippen LogP contribution is -2.69. The van der Waals surface area contributed by atoms with Crippen LogP contribution >= 0.6 is 0 Å². The molecule has 188 valence electrons. The van der Waals surface area contributed by atoms with Crippen molar-refractivity contribution >= 4 is 0 Å². The molecule has 0 rings (SSSR count). The van der Waals surface area contributed by atoms with Gasteiger partial charge in [0.2, 0.25) is 0 Å². The quantitative estimate of drug-likeness (QED) is 0.233. The molecule has 0 amide bonds. The molecular formula is C16H22F12O3. The molecule has 31 heavy (non-hydrogen) atoms. The lowest BCUT2D eigenvalue weighted by atomic mass is 9.94. The zero-order valence-corrected chi connectivity index (χ0v) is 16.1. The van der Waals surface area contributed by atoms with Gasteiger partial charge in [0, 0.05) is 6.61 Å². The molecule has 0 aromatic rings. The molecule has 1 unspecified atom stereocenters. The Morgan fingerprint density at radius 3 is 1.71 bits per heavy atom. The summed E-state index contributed by atoms with van der Waals surface area (Å²) in [6.07, 6.45) is -4.07. The Labute approximate surface area is 169 Å². The molecule has 0 aliphatic rings. The number of aliphatic hydroxyl groups is 1. The van der Waals surface area contributed by atoms with E-state index in [4.69, 9.17) is 4.74 Å². The summed E-state index contributed by atoms with van der Waals surface area (Å²) >= 11 is 0. The molecule has 0 aliphatic carbocycles. The number of aliphatic hydroxyl groups excluding tert-OH is 1. The van der Waals surface area contributed by atoms with Gasteiger partial charge in [-0.1, -0.05) is 26.2 Å². The minimum absolute atomic E-state index is 0.144. The summed E-state index contributed by atoms with van der Waals surface area (Å²) in [7, 11) is 0. The van der Waals surface area contributed by atoms with Crippen LogP contribution in [0.3, 0.4) is 0 Å². The average molecular weight is 490 g/mol. The van der Waals surface area contributed by atoms with Gasteiger partial charge in [0.05, 0.1) is 13.2 Å². The Hall–Kier alpha value is -0.960. The molecule has 0 saturated carbocycles. The van der Waals surface area contributed by atoms with Crippen molar-refractivity contribution in [2.45, 2.75) is 74.7 Å². The number of hydrogen-bond acceptors (Lipinski definition) is 3. The van der Waals surface area contributed by atoms with Crippen LogP contribution in [-0.2, 0) is 9.47 Å². The summed E-state index contributed by atoms with van der Waals surface area (Å²) < 4.78 is 165. The molecule has 0 bridgehead atoms. The first kappa shape index (κ1) is 30.0. The van der Waals surface area contributed by atoms with E-state index in [-0.39, 0.29) is 6.61 Å². The summed E-state index contributed by atoms with van der Waals surface area (Å²) in [5.74, 6) is -35.6. The zero-order valence-electron chi connectivity index (χ0n) is 16.1. The van der Waals surface area contributed by atoms with Crippen molar-refractivity contribution in [2.75, 3.05) is 26.4 Å². The van der Waals surface area contributed by atoms with Gasteiger partial charge in [0.25, 0.3) is 0 Å². The summed E-state index contributed by atoms with van der Waals surface area (Å²) in [5.41, 5.74) is 0. The van der Waals surface area contributed by atoms with Gasteiger partial charge < -0.3 is 14.6 Å². The Morgan fingerprint density at radius 1 is 0.710 bits per heavy atom. The largest absolute Gasteiger partial charge is 0.388 e. The predicted molar refractivity (Wildman–Crippen MR) is 82.5 cm³/mol. The van der Waals surface area contributed by atoms with Crippen LogP contribution < -0.4 is 0 Å². The third kappa shape index (κ3) is 6.76. The molecule has 1 N–H and O–H groups in total. The standard InChI is InChI=1S/C16H22F12O3/c1-2-3-4-5-6-30-7-10(29)8-31-9-12(19,20)14(23,24)16(27,28)15(25,26)13(21,22)11(17)18/h10-11,29H,2-9H2,1H3. The Bertz CT molecular complexity index is 528. The summed E-state index contributed by atoms with van der Waals surface area (Å²) in [6.45, 7) is -2.34. The van der Waals surface area contributed by atoms with Gasteiger partial charge in [-0.2, -0.15) is 43.9 Å². The van der Waals surface area contributed by atoms with Crippen LogP contribution in [-0.4, -0.2) is 73.7 Å². The third-order valence-corrected chi connectivity index (χ3v) is 3.99. The number of hydrogen-bond donors (Lipinski definition) is 1. The lowest BCUT2D eigenvalue weighted by Gasteiger charge is -2.39. The van der Waals surface area contributed by atoms with Crippen LogP contribution in [0.2, 0.25) is 0 Å². The number of halogens is 12. The summed E-state index contributed by atoms with van der Waals surface area (Å²) in [5, 5.41) is 9.38. The fraction of sp³-hybridized carbons (Fsp3) is 1.00. The second-order valence-corrected chi connectivity index (χ2v) is 6.66. The number of alkyl halides is 12. The van der Waals surface area contributed by atoms with Crippen LogP contribution in [0.15, 0.2) is 0 Å². The van der Waals surface area contributed by atoms with Crippen molar-refractivity contribution in [3.63, 3.8) is 0 Å². The Balaban J connectivity index is 4.97. The van der Waals surface area contributed by atoms with E-state index in [1.165, 1.54) is 0 Å². The van der Waals surface area contributed by atoms with Crippen molar-refractivity contribution < 1.29 is 67.3 Å². The Morgan fingerprint density at radius 2 is 1.23 bits per heavy atom. The van der Waals surface area contributed by atoms with E-state index in [9.17, 15) is 57.8 Å². The topological polar surface area (TPSA) is 38.7 Å². The van der Waals surface area contributed by atoms with E-state index in [0.717, 1.165) is 19.3 Å². The maximum Gasteiger partial charge on any atom is 0.384 e. The van der Waals surface area contributed by atoms with Crippen molar-refractivity contribution in [3.05, 3.63) is 0 Å². The van der Waals surface area contributed by atoms with Gasteiger partial charge in [0.15, 0.2) is 0 Å². The fourth-order valence-electron chi connectivity index (χ4n) is 2.09. The number of ether oxygens (including phenoxy) is 2. The lowest BCUT2D eigenvalue weighted by molar-refractivity contribution is -0.415. The molecule has 0 spiro atoms. The highest BCUT2D eigenvalue weighted by molar-refractivity contribution is 5.09. The SMILES string of the molecule is CCCCCCOCC(O)COCC(F)(F)C(F)(F)C(F)(F)C(F)(F)C(F)(F)C(F)F. The van der Waals surface area contributed by atoms with E-state index >= 15 is 0 Å². The second-order valence-electron chi connectivity index (χ2n) is 6.66. The molecule has 0 heterocycles. The number of rotatable bonds is 16. The maximum atomic E-state index is 13.5. The first-order valence-corrected chi connectivity index (χ1v) is 8.90. The highest BCUT2D eigenvalue weighted by Gasteiger charge is 2.87. The van der Waals surface area contributed by atoms with E-state index in [1.807, 2.05) is 6.92 Å². The predicted octanol–water partition coefficient (Wildman–Crippen LogP) is 5.40. The van der Waals surface area contributed by atoms with Gasteiger partial charge >= 0.3 is 36.0 Å². The van der Waals surface area contributed by atoms with Crippen molar-refractivity contribution in [1.82, 2.24) is 0 Å². The molecule has 15 heteroatoms. The zero-order chi connectivity index (χ0) is 24.7. The molecule has 0 aromatic carbocycles. The van der Waals surface area contributed by atoms with E-state index in [2.05, 4.69) is 4.74 Å². The molecule has 1 atom stereocenters. The van der Waals surface area contributed by atoms with E-state index in [0.29, 0.717) is 6.42 Å². The second kappa shape index (κ2) is 11.3. The summed E-state index contributed by atoms with van der Waals surface area (Å²) in [4.78, 5) is 0. The highest BCUT2D eigenvalue weighted by atomic mass is 19.4. The van der Waals surface area contributed by atoms with Gasteiger partial charge in [0.1, 0.15) is 12.7 Å². The van der Waals surface area contributed by atoms with Crippen molar-refractivity contribution in [3.8, 4) is 0 Å². The van der Waals surface area contributed by atoms with Gasteiger partial charge in [-0.15, -0.1) is 0 Å². The minimum Gasteiger partial charge on any atom is -0.388 e. The molecule has 0 aliphatic heterocycles. The van der Waals surface area contributed by atoms with E-state index in [1.54, 1.807) is 0 Å². The highest BCUT2D eigenvalue weighted by Crippen LogP contribution is 2.58. The van der Waals surface area contributed by atoms with Gasteiger partial charge in [-0.05, 0) is 6.42 Å². The van der Waals surface area contributed by atoms with Crippen LogP contribution in [0.4, 0.5) is 52.7 Å².